The van der Waals surface area contributed by atoms with Crippen LogP contribution in [0.1, 0.15) is 17.7 Å². The second-order valence-electron chi connectivity index (χ2n) is 8.57. The van der Waals surface area contributed by atoms with Crippen LogP contribution in [-0.2, 0) is 23.0 Å². The van der Waals surface area contributed by atoms with Gasteiger partial charge in [-0.3, -0.25) is 0 Å². The van der Waals surface area contributed by atoms with Crippen molar-refractivity contribution in [2.75, 3.05) is 13.1 Å². The van der Waals surface area contributed by atoms with Crippen molar-refractivity contribution in [3.63, 3.8) is 0 Å². The summed E-state index contributed by atoms with van der Waals surface area (Å²) in [6.45, 7) is 1.38. The fourth-order valence-electron chi connectivity index (χ4n) is 4.67. The van der Waals surface area contributed by atoms with Crippen LogP contribution in [0.3, 0.4) is 0 Å². The highest BCUT2D eigenvalue weighted by atomic mass is 32.2. The summed E-state index contributed by atoms with van der Waals surface area (Å²) in [5.74, 6) is -0.260. The molecule has 2 aliphatic rings. The molecule has 3 aromatic rings. The molecule has 1 unspecified atom stereocenters. The lowest BCUT2D eigenvalue weighted by Crippen LogP contribution is -2.46. The highest BCUT2D eigenvalue weighted by molar-refractivity contribution is 7.91. The third kappa shape index (κ3) is 4.57. The Morgan fingerprint density at radius 1 is 1.21 bits per heavy atom. The van der Waals surface area contributed by atoms with Crippen LogP contribution in [-0.4, -0.2) is 46.7 Å². The maximum Gasteiger partial charge on any atom is 0.253 e. The van der Waals surface area contributed by atoms with Crippen molar-refractivity contribution >= 4 is 21.4 Å². The molecule has 0 radical (unpaired) electrons. The lowest BCUT2D eigenvalue weighted by molar-refractivity contribution is 0.253. The second-order valence-corrected chi connectivity index (χ2v) is 11.6. The Hall–Kier alpha value is -3.19. The van der Waals surface area contributed by atoms with Gasteiger partial charge in [0.1, 0.15) is 4.21 Å². The summed E-state index contributed by atoms with van der Waals surface area (Å²) < 4.78 is 29.7. The fraction of sp³-hybridized carbons (Fsp3) is 0.280. The molecule has 0 saturated heterocycles. The molecule has 1 aliphatic heterocycles. The molecule has 0 fully saturated rings. The van der Waals surface area contributed by atoms with Gasteiger partial charge in [-0.15, -0.1) is 11.3 Å². The Labute approximate surface area is 203 Å². The van der Waals surface area contributed by atoms with Gasteiger partial charge in [0.25, 0.3) is 10.0 Å². The number of thiophene rings is 1. The number of hydrogen-bond acceptors (Lipinski definition) is 6. The maximum atomic E-state index is 13.8. The van der Waals surface area contributed by atoms with E-state index in [-0.39, 0.29) is 18.5 Å². The molecule has 2 atom stereocenters. The van der Waals surface area contributed by atoms with E-state index in [2.05, 4.69) is 20.9 Å². The van der Waals surface area contributed by atoms with Gasteiger partial charge in [0.2, 0.25) is 0 Å². The molecule has 1 aliphatic carbocycles. The van der Waals surface area contributed by atoms with Crippen LogP contribution in [0, 0.1) is 17.2 Å². The molecule has 0 amide bonds. The van der Waals surface area contributed by atoms with Crippen LogP contribution < -0.4 is 0 Å². The molecule has 174 valence electrons. The first-order valence-corrected chi connectivity index (χ1v) is 13.5. The van der Waals surface area contributed by atoms with E-state index >= 15 is 0 Å². The summed E-state index contributed by atoms with van der Waals surface area (Å²) in [6, 6.07) is 15.5. The van der Waals surface area contributed by atoms with Crippen molar-refractivity contribution in [1.29, 1.82) is 5.26 Å². The summed E-state index contributed by atoms with van der Waals surface area (Å²) in [5.41, 5.74) is 4.02. The van der Waals surface area contributed by atoms with E-state index < -0.39 is 10.0 Å². The van der Waals surface area contributed by atoms with Gasteiger partial charge in [-0.1, -0.05) is 42.5 Å². The van der Waals surface area contributed by atoms with Crippen molar-refractivity contribution < 1.29 is 8.42 Å². The third-order valence-corrected chi connectivity index (χ3v) is 9.57. The molecule has 0 bridgehead atoms. The molecule has 3 heterocycles. The molecule has 1 N–H and O–H groups in total. The quantitative estimate of drug-likeness (QED) is 0.564. The number of aromatic amines is 1. The van der Waals surface area contributed by atoms with Crippen molar-refractivity contribution in [2.24, 2.45) is 5.92 Å². The van der Waals surface area contributed by atoms with Crippen LogP contribution in [0.15, 0.2) is 88.0 Å². The summed E-state index contributed by atoms with van der Waals surface area (Å²) in [5, 5.41) is 11.4. The Balaban J connectivity index is 1.58. The molecular formula is C25H25N5O2S2. The average Bonchev–Trinajstić information content (AvgIpc) is 3.55. The second kappa shape index (κ2) is 9.58. The topological polar surface area (TPSA) is 93.1 Å². The van der Waals surface area contributed by atoms with E-state index in [0.29, 0.717) is 30.1 Å². The summed E-state index contributed by atoms with van der Waals surface area (Å²) in [7, 11) is -3.71. The van der Waals surface area contributed by atoms with Crippen LogP contribution in [0.25, 0.3) is 0 Å². The van der Waals surface area contributed by atoms with E-state index in [0.717, 1.165) is 22.5 Å². The van der Waals surface area contributed by atoms with Gasteiger partial charge in [-0.05, 0) is 41.5 Å². The normalized spacial score (nSPS) is 21.2. The lowest BCUT2D eigenvalue weighted by Gasteiger charge is -2.32. The molecule has 2 aromatic heterocycles. The molecule has 34 heavy (non-hydrogen) atoms. The number of allylic oxidation sites excluding steroid dienone is 2. The van der Waals surface area contributed by atoms with Crippen LogP contribution in [0.5, 0.6) is 0 Å². The Morgan fingerprint density at radius 2 is 2.06 bits per heavy atom. The number of sulfonamides is 1. The number of nitriles is 1. The van der Waals surface area contributed by atoms with Gasteiger partial charge in [0, 0.05) is 31.0 Å². The smallest absolute Gasteiger partial charge is 0.253 e. The van der Waals surface area contributed by atoms with Crippen molar-refractivity contribution in [2.45, 2.75) is 29.6 Å². The number of benzene rings is 1. The van der Waals surface area contributed by atoms with Gasteiger partial charge in [0.15, 0.2) is 0 Å². The number of H-pyrrole nitrogens is 1. The Bertz CT molecular complexity index is 1320. The number of aromatic nitrogens is 2. The minimum Gasteiger partial charge on any atom is -0.364 e. The van der Waals surface area contributed by atoms with Gasteiger partial charge in [0.05, 0.1) is 30.6 Å². The molecule has 0 spiro atoms. The number of hydrogen-bond donors (Lipinski definition) is 1. The Morgan fingerprint density at radius 3 is 2.76 bits per heavy atom. The van der Waals surface area contributed by atoms with Crippen molar-refractivity contribution in [1.82, 2.24) is 19.2 Å². The standard InChI is InChI=1S/C25H25N5O2S2/c26-13-20-8-9-24-21(11-20)15-30(34(31,32)25-7-4-10-33-25)23(12-19-5-2-1-3-6-19)17-29(24)16-22-14-27-18-28-22/h1-10,14,18,20,23H,11-12,15-17H2,(H,27,28)/t20?,23-/m1/s1. The molecule has 0 saturated carbocycles. The Kier molecular flexibility index (Phi) is 6.37. The first-order valence-electron chi connectivity index (χ1n) is 11.2. The first-order chi connectivity index (χ1) is 16.5. The average molecular weight is 492 g/mol. The number of rotatable bonds is 6. The van der Waals surface area contributed by atoms with E-state index in [1.807, 2.05) is 42.5 Å². The van der Waals surface area contributed by atoms with Gasteiger partial charge < -0.3 is 9.88 Å². The summed E-state index contributed by atoms with van der Waals surface area (Å²) in [6.07, 6.45) is 8.48. The molecule has 9 heteroatoms. The molecule has 5 rings (SSSR count). The van der Waals surface area contributed by atoms with E-state index in [1.165, 1.54) is 11.3 Å². The minimum absolute atomic E-state index is 0.260. The third-order valence-electron chi connectivity index (χ3n) is 6.29. The SMILES string of the molecule is N#CC1C=CC2=C(C1)CN(S(=O)(=O)c1cccs1)[C@H](Cc1ccccc1)CN2Cc1cnc[nH]1. The van der Waals surface area contributed by atoms with E-state index in [9.17, 15) is 13.7 Å². The van der Waals surface area contributed by atoms with Gasteiger partial charge in [-0.25, -0.2) is 13.4 Å². The minimum atomic E-state index is -3.71. The number of nitrogens with zero attached hydrogens (tertiary/aromatic N) is 4. The molecular weight excluding hydrogens is 466 g/mol. The monoisotopic (exact) mass is 491 g/mol. The maximum absolute atomic E-state index is 13.8. The van der Waals surface area contributed by atoms with E-state index in [4.69, 9.17) is 0 Å². The van der Waals surface area contributed by atoms with Crippen LogP contribution in [0.2, 0.25) is 0 Å². The summed E-state index contributed by atoms with van der Waals surface area (Å²) in [4.78, 5) is 9.54. The highest BCUT2D eigenvalue weighted by Gasteiger charge is 2.38. The predicted molar refractivity (Wildman–Crippen MR) is 131 cm³/mol. The zero-order chi connectivity index (χ0) is 23.5. The summed E-state index contributed by atoms with van der Waals surface area (Å²) >= 11 is 1.24. The van der Waals surface area contributed by atoms with Crippen molar-refractivity contribution in [3.05, 3.63) is 95.0 Å². The number of nitrogens with one attached hydrogen (secondary N) is 1. The van der Waals surface area contributed by atoms with Crippen LogP contribution in [0.4, 0.5) is 0 Å². The number of imidazole rings is 1. The van der Waals surface area contributed by atoms with Crippen molar-refractivity contribution in [3.8, 4) is 6.07 Å². The zero-order valence-electron chi connectivity index (χ0n) is 18.5. The lowest BCUT2D eigenvalue weighted by atomic mass is 9.93. The van der Waals surface area contributed by atoms with E-state index in [1.54, 1.807) is 34.3 Å². The fourth-order valence-corrected chi connectivity index (χ4v) is 7.40. The largest absolute Gasteiger partial charge is 0.364 e. The first kappa shape index (κ1) is 22.6. The van der Waals surface area contributed by atoms with Gasteiger partial charge in [-0.2, -0.15) is 9.57 Å². The molecule has 1 aromatic carbocycles. The van der Waals surface area contributed by atoms with Crippen LogP contribution >= 0.6 is 11.3 Å². The molecule has 7 nitrogen and oxygen atoms in total. The van der Waals surface area contributed by atoms with Gasteiger partial charge >= 0.3 is 0 Å². The zero-order valence-corrected chi connectivity index (χ0v) is 20.2. The highest BCUT2D eigenvalue weighted by Crippen LogP contribution is 2.35. The predicted octanol–water partition coefficient (Wildman–Crippen LogP) is 3.94.